The highest BCUT2D eigenvalue weighted by Crippen LogP contribution is 2.38. The van der Waals surface area contributed by atoms with Crippen LogP contribution in [-0.2, 0) is 39.6 Å². The van der Waals surface area contributed by atoms with Crippen LogP contribution in [0, 0.1) is 13.8 Å². The Morgan fingerprint density at radius 2 is 1.76 bits per heavy atom. The molecule has 2 saturated heterocycles. The van der Waals surface area contributed by atoms with E-state index in [1.165, 1.54) is 6.20 Å². The number of hydrogen-bond donors (Lipinski definition) is 0. The number of nitrogens with zero attached hydrogens (tertiary/aromatic N) is 7. The second-order valence-electron chi connectivity index (χ2n) is 12.6. The molecule has 7 heterocycles. The van der Waals surface area contributed by atoms with Crippen molar-refractivity contribution in [3.05, 3.63) is 70.4 Å². The van der Waals surface area contributed by atoms with E-state index in [0.29, 0.717) is 81.1 Å². The Hall–Kier alpha value is -3.70. The molecule has 12 nitrogen and oxygen atoms in total. The highest BCUT2D eigenvalue weighted by Gasteiger charge is 2.43. The normalized spacial score (nSPS) is 20.2. The van der Waals surface area contributed by atoms with Crippen LogP contribution in [0.15, 0.2) is 41.4 Å². The van der Waals surface area contributed by atoms with E-state index in [4.69, 9.17) is 23.9 Å². The molecule has 1 spiro atoms. The van der Waals surface area contributed by atoms with E-state index in [-0.39, 0.29) is 12.2 Å². The minimum atomic E-state index is -4.61. The SMILES string of the molecule is Cc1ccc(Cc2ccn3c(C(F)(F)F)nnc3c2C)nc1CN1CC2(CCOCC2)Oc2nc(OCCN3CCOCC3)ccc2S1=O. The summed E-state index contributed by atoms with van der Waals surface area (Å²) < 4.78 is 81.0. The second-order valence-corrected chi connectivity index (χ2v) is 14.1. The van der Waals surface area contributed by atoms with Gasteiger partial charge in [-0.3, -0.25) is 14.3 Å². The quantitative estimate of drug-likeness (QED) is 0.268. The number of alkyl halides is 3. The van der Waals surface area contributed by atoms with Crippen LogP contribution in [0.25, 0.3) is 5.65 Å². The molecule has 0 amide bonds. The summed E-state index contributed by atoms with van der Waals surface area (Å²) in [7, 11) is -1.62. The van der Waals surface area contributed by atoms with Crippen LogP contribution in [0.2, 0.25) is 0 Å². The Morgan fingerprint density at radius 3 is 2.53 bits per heavy atom. The first kappa shape index (κ1) is 33.8. The van der Waals surface area contributed by atoms with Gasteiger partial charge in [0, 0.05) is 56.9 Å². The van der Waals surface area contributed by atoms with Crippen molar-refractivity contribution in [2.24, 2.45) is 0 Å². The second kappa shape index (κ2) is 13.9. The Kier molecular flexibility index (Phi) is 9.58. The van der Waals surface area contributed by atoms with Crippen LogP contribution in [0.1, 0.15) is 46.7 Å². The van der Waals surface area contributed by atoms with Crippen molar-refractivity contribution in [3.8, 4) is 11.8 Å². The van der Waals surface area contributed by atoms with E-state index in [0.717, 1.165) is 46.5 Å². The number of ether oxygens (including phenoxy) is 4. The van der Waals surface area contributed by atoms with Gasteiger partial charge in [0.2, 0.25) is 17.6 Å². The number of morpholine rings is 1. The number of rotatable bonds is 8. The smallest absolute Gasteiger partial charge is 0.452 e. The minimum Gasteiger partial charge on any atom is -0.476 e. The lowest BCUT2D eigenvalue weighted by molar-refractivity contribution is -0.145. The molecule has 7 rings (SSSR count). The standard InChI is InChI=1S/C33H38F3N7O5S/c1-22-3-4-25(19-24-7-10-43-29(23(24)2)39-40-31(43)33(34,35)36)37-26(22)20-42-21-32(8-14-45-15-9-32)48-30-27(49(42)44)5-6-28(38-30)47-18-13-41-11-16-46-17-12-41/h3-7,10H,8-9,11-21H2,1-2H3. The molecule has 49 heavy (non-hydrogen) atoms. The molecule has 0 saturated carbocycles. The van der Waals surface area contributed by atoms with Gasteiger partial charge in [0.25, 0.3) is 0 Å². The first-order valence-corrected chi connectivity index (χ1v) is 17.4. The Bertz CT molecular complexity index is 1840. The molecule has 262 valence electrons. The van der Waals surface area contributed by atoms with Gasteiger partial charge >= 0.3 is 6.18 Å². The van der Waals surface area contributed by atoms with E-state index in [2.05, 4.69) is 20.1 Å². The fourth-order valence-electron chi connectivity index (χ4n) is 6.42. The third kappa shape index (κ3) is 7.29. The molecule has 16 heteroatoms. The zero-order chi connectivity index (χ0) is 34.2. The lowest BCUT2D eigenvalue weighted by Gasteiger charge is -2.38. The molecule has 3 aliphatic heterocycles. The van der Waals surface area contributed by atoms with Crippen molar-refractivity contribution < 1.29 is 36.3 Å². The van der Waals surface area contributed by atoms with Gasteiger partial charge in [0.1, 0.15) is 28.1 Å². The van der Waals surface area contributed by atoms with Crippen molar-refractivity contribution in [1.82, 2.24) is 33.8 Å². The summed E-state index contributed by atoms with van der Waals surface area (Å²) in [6, 6.07) is 8.99. The molecule has 3 aliphatic rings. The van der Waals surface area contributed by atoms with Gasteiger partial charge in [-0.2, -0.15) is 18.2 Å². The highest BCUT2D eigenvalue weighted by molar-refractivity contribution is 7.82. The molecule has 4 aromatic rings. The third-order valence-corrected chi connectivity index (χ3v) is 10.7. The Labute approximate surface area is 284 Å². The number of fused-ring (bicyclic) bond motifs is 2. The molecule has 1 atom stereocenters. The molecular weight excluding hydrogens is 663 g/mol. The first-order chi connectivity index (χ1) is 23.6. The summed E-state index contributed by atoms with van der Waals surface area (Å²) in [6.07, 6.45) is -1.68. The van der Waals surface area contributed by atoms with Crippen molar-refractivity contribution in [1.29, 1.82) is 0 Å². The maximum absolute atomic E-state index is 14.2. The molecule has 0 bridgehead atoms. The largest absolute Gasteiger partial charge is 0.476 e. The third-order valence-electron chi connectivity index (χ3n) is 9.31. The van der Waals surface area contributed by atoms with Crippen molar-refractivity contribution in [3.63, 3.8) is 0 Å². The molecule has 1 unspecified atom stereocenters. The minimum absolute atomic E-state index is 0.150. The van der Waals surface area contributed by atoms with Crippen LogP contribution >= 0.6 is 0 Å². The van der Waals surface area contributed by atoms with Crippen LogP contribution in [0.3, 0.4) is 0 Å². The van der Waals surface area contributed by atoms with Crippen LogP contribution in [0.5, 0.6) is 11.8 Å². The van der Waals surface area contributed by atoms with E-state index in [1.807, 2.05) is 23.4 Å². The summed E-state index contributed by atoms with van der Waals surface area (Å²) in [5.74, 6) is -0.342. The first-order valence-electron chi connectivity index (χ1n) is 16.3. The van der Waals surface area contributed by atoms with Crippen LogP contribution in [-0.4, -0.2) is 103 Å². The fourth-order valence-corrected chi connectivity index (χ4v) is 7.71. The van der Waals surface area contributed by atoms with E-state index < -0.39 is 28.6 Å². The van der Waals surface area contributed by atoms with Gasteiger partial charge in [0.05, 0.1) is 45.2 Å². The fraction of sp³-hybridized carbons (Fsp3) is 0.515. The number of pyridine rings is 3. The highest BCUT2D eigenvalue weighted by atomic mass is 32.2. The summed E-state index contributed by atoms with van der Waals surface area (Å²) in [4.78, 5) is 12.4. The Morgan fingerprint density at radius 1 is 0.980 bits per heavy atom. The number of halogens is 3. The summed E-state index contributed by atoms with van der Waals surface area (Å²) >= 11 is 0. The molecular formula is C33H38F3N7O5S. The number of aryl methyl sites for hydroxylation is 2. The molecule has 0 N–H and O–H groups in total. The lowest BCUT2D eigenvalue weighted by Crippen LogP contribution is -2.49. The average molecular weight is 702 g/mol. The average Bonchev–Trinajstić information content (AvgIpc) is 3.50. The molecule has 2 fully saturated rings. The van der Waals surface area contributed by atoms with Crippen molar-refractivity contribution in [2.45, 2.75) is 56.3 Å². The van der Waals surface area contributed by atoms with Gasteiger partial charge in [-0.1, -0.05) is 6.07 Å². The number of aromatic nitrogens is 5. The monoisotopic (exact) mass is 701 g/mol. The summed E-state index contributed by atoms with van der Waals surface area (Å²) in [5.41, 5.74) is 3.26. The predicted molar refractivity (Wildman–Crippen MR) is 172 cm³/mol. The van der Waals surface area contributed by atoms with Gasteiger partial charge in [0.15, 0.2) is 5.65 Å². The maximum Gasteiger partial charge on any atom is 0.452 e. The van der Waals surface area contributed by atoms with E-state index >= 15 is 0 Å². The molecule has 0 aliphatic carbocycles. The van der Waals surface area contributed by atoms with E-state index in [9.17, 15) is 17.4 Å². The van der Waals surface area contributed by atoms with Gasteiger partial charge in [-0.25, -0.2) is 8.51 Å². The molecule has 0 radical (unpaired) electrons. The van der Waals surface area contributed by atoms with Crippen molar-refractivity contribution in [2.75, 3.05) is 59.2 Å². The maximum atomic E-state index is 14.2. The number of hydrogen-bond acceptors (Lipinski definition) is 10. The van der Waals surface area contributed by atoms with Crippen LogP contribution < -0.4 is 9.47 Å². The zero-order valence-corrected chi connectivity index (χ0v) is 28.2. The summed E-state index contributed by atoms with van der Waals surface area (Å²) in [5, 5.41) is 7.18. The lowest BCUT2D eigenvalue weighted by atomic mass is 9.93. The van der Waals surface area contributed by atoms with Gasteiger partial charge < -0.3 is 18.9 Å². The predicted octanol–water partition coefficient (Wildman–Crippen LogP) is 3.92. The zero-order valence-electron chi connectivity index (χ0n) is 27.4. The summed E-state index contributed by atoms with van der Waals surface area (Å²) in [6.45, 7) is 9.75. The molecule has 4 aromatic heterocycles. The molecule has 0 aromatic carbocycles. The Balaban J connectivity index is 1.12. The van der Waals surface area contributed by atoms with Crippen LogP contribution in [0.4, 0.5) is 13.2 Å². The van der Waals surface area contributed by atoms with Gasteiger partial charge in [-0.15, -0.1) is 10.2 Å². The van der Waals surface area contributed by atoms with Crippen molar-refractivity contribution >= 4 is 16.6 Å². The topological polar surface area (TPSA) is 116 Å². The van der Waals surface area contributed by atoms with E-state index in [1.54, 1.807) is 25.1 Å². The van der Waals surface area contributed by atoms with Gasteiger partial charge in [-0.05, 0) is 48.7 Å².